The summed E-state index contributed by atoms with van der Waals surface area (Å²) in [5.41, 5.74) is 1.30. The van der Waals surface area contributed by atoms with Crippen LogP contribution in [-0.2, 0) is 6.42 Å². The topological polar surface area (TPSA) is 53.7 Å². The van der Waals surface area contributed by atoms with E-state index in [-0.39, 0.29) is 11.7 Å². The van der Waals surface area contributed by atoms with Gasteiger partial charge in [-0.3, -0.25) is 4.79 Å². The second-order valence-electron chi connectivity index (χ2n) is 3.99. The molecule has 0 unspecified atom stereocenters. The molecule has 0 aliphatic carbocycles. The number of hydrogen-bond donors (Lipinski definition) is 1. The van der Waals surface area contributed by atoms with Crippen molar-refractivity contribution in [1.29, 1.82) is 0 Å². The van der Waals surface area contributed by atoms with Crippen molar-refractivity contribution in [3.05, 3.63) is 47.9 Å². The lowest BCUT2D eigenvalue weighted by Crippen LogP contribution is -2.26. The molecule has 0 saturated heterocycles. The van der Waals surface area contributed by atoms with Crippen LogP contribution in [0.15, 0.2) is 41.0 Å². The van der Waals surface area contributed by atoms with E-state index in [2.05, 4.69) is 0 Å². The van der Waals surface area contributed by atoms with Crippen molar-refractivity contribution in [2.75, 3.05) is 11.9 Å². The Bertz CT molecular complexity index is 542. The average Bonchev–Trinajstić information content (AvgIpc) is 2.86. The lowest BCUT2D eigenvalue weighted by Gasteiger charge is -2.17. The number of aromatic hydroxyl groups is 1. The van der Waals surface area contributed by atoms with Gasteiger partial charge in [0.2, 0.25) is 0 Å². The van der Waals surface area contributed by atoms with Crippen molar-refractivity contribution in [2.24, 2.45) is 0 Å². The first-order valence-electron chi connectivity index (χ1n) is 5.77. The van der Waals surface area contributed by atoms with Crippen LogP contribution in [0.2, 0.25) is 0 Å². The van der Waals surface area contributed by atoms with Gasteiger partial charge in [-0.1, -0.05) is 6.92 Å². The molecule has 0 aliphatic rings. The van der Waals surface area contributed by atoms with Gasteiger partial charge in [0.25, 0.3) is 5.91 Å². The van der Waals surface area contributed by atoms with Crippen molar-refractivity contribution < 1.29 is 14.3 Å². The first kappa shape index (κ1) is 12.2. The van der Waals surface area contributed by atoms with Gasteiger partial charge in [-0.25, -0.2) is 0 Å². The predicted molar refractivity (Wildman–Crippen MR) is 68.9 cm³/mol. The van der Waals surface area contributed by atoms with Gasteiger partial charge in [0.15, 0.2) is 0 Å². The van der Waals surface area contributed by atoms with Crippen molar-refractivity contribution in [1.82, 2.24) is 0 Å². The van der Waals surface area contributed by atoms with Crippen LogP contribution < -0.4 is 4.90 Å². The Morgan fingerprint density at radius 1 is 1.28 bits per heavy atom. The molecule has 0 saturated carbocycles. The summed E-state index contributed by atoms with van der Waals surface area (Å²) in [6.07, 6.45) is 2.20. The van der Waals surface area contributed by atoms with E-state index >= 15 is 0 Å². The van der Waals surface area contributed by atoms with Crippen LogP contribution in [0.25, 0.3) is 0 Å². The second-order valence-corrected chi connectivity index (χ2v) is 3.99. The highest BCUT2D eigenvalue weighted by atomic mass is 16.3. The lowest BCUT2D eigenvalue weighted by molar-refractivity contribution is 0.0991. The zero-order valence-electron chi connectivity index (χ0n) is 10.4. The molecule has 4 nitrogen and oxygen atoms in total. The quantitative estimate of drug-likeness (QED) is 0.904. The van der Waals surface area contributed by atoms with Crippen molar-refractivity contribution in [2.45, 2.75) is 13.3 Å². The Hall–Kier alpha value is -2.23. The first-order chi connectivity index (χ1) is 8.63. The van der Waals surface area contributed by atoms with E-state index in [0.717, 1.165) is 5.69 Å². The molecule has 1 N–H and O–H groups in total. The highest BCUT2D eigenvalue weighted by Gasteiger charge is 2.18. The van der Waals surface area contributed by atoms with E-state index in [1.54, 1.807) is 37.4 Å². The molecule has 2 rings (SSSR count). The maximum Gasteiger partial charge on any atom is 0.261 e. The summed E-state index contributed by atoms with van der Waals surface area (Å²) in [4.78, 5) is 13.8. The minimum absolute atomic E-state index is 0.119. The van der Waals surface area contributed by atoms with E-state index in [1.807, 2.05) is 6.92 Å². The smallest absolute Gasteiger partial charge is 0.261 e. The molecular formula is C14H15NO3. The number of aryl methyl sites for hydroxylation is 1. The number of anilines is 1. The van der Waals surface area contributed by atoms with Crippen LogP contribution in [0, 0.1) is 0 Å². The zero-order chi connectivity index (χ0) is 13.1. The minimum atomic E-state index is -0.119. The molecule has 1 amide bonds. The molecule has 1 aromatic carbocycles. The molecule has 0 radical (unpaired) electrons. The van der Waals surface area contributed by atoms with Crippen molar-refractivity contribution in [3.63, 3.8) is 0 Å². The fraction of sp³-hybridized carbons (Fsp3) is 0.214. The van der Waals surface area contributed by atoms with Crippen LogP contribution in [0.5, 0.6) is 5.75 Å². The van der Waals surface area contributed by atoms with Crippen LogP contribution in [0.1, 0.15) is 23.0 Å². The predicted octanol–water partition coefficient (Wildman–Crippen LogP) is 2.82. The number of furan rings is 1. The zero-order valence-corrected chi connectivity index (χ0v) is 10.4. The molecule has 2 aromatic rings. The molecule has 18 heavy (non-hydrogen) atoms. The molecular weight excluding hydrogens is 230 g/mol. The molecule has 0 atom stereocenters. The number of nitrogens with zero attached hydrogens (tertiary/aromatic N) is 1. The van der Waals surface area contributed by atoms with Gasteiger partial charge in [-0.2, -0.15) is 0 Å². The molecule has 4 heteroatoms. The summed E-state index contributed by atoms with van der Waals surface area (Å²) in [5, 5.41) is 9.22. The van der Waals surface area contributed by atoms with E-state index in [0.29, 0.717) is 17.7 Å². The number of carbonyl (C=O) groups is 1. The Morgan fingerprint density at radius 3 is 2.56 bits per heavy atom. The fourth-order valence-electron chi connectivity index (χ4n) is 1.78. The van der Waals surface area contributed by atoms with E-state index in [9.17, 15) is 9.90 Å². The molecule has 94 valence electrons. The number of phenols is 1. The van der Waals surface area contributed by atoms with Gasteiger partial charge in [-0.15, -0.1) is 0 Å². The fourth-order valence-corrected chi connectivity index (χ4v) is 1.78. The van der Waals surface area contributed by atoms with Crippen molar-refractivity contribution >= 4 is 11.6 Å². The maximum absolute atomic E-state index is 12.3. The van der Waals surface area contributed by atoms with Gasteiger partial charge in [0.1, 0.15) is 11.5 Å². The normalized spacial score (nSPS) is 10.3. The summed E-state index contributed by atoms with van der Waals surface area (Å²) in [6.45, 7) is 1.94. The first-order valence-corrected chi connectivity index (χ1v) is 5.77. The van der Waals surface area contributed by atoms with Crippen LogP contribution in [0.4, 0.5) is 5.69 Å². The molecule has 1 heterocycles. The monoisotopic (exact) mass is 245 g/mol. The molecule has 0 aliphatic heterocycles. The number of hydrogen-bond acceptors (Lipinski definition) is 3. The molecule has 0 bridgehead atoms. The number of phenolic OH excluding ortho intramolecular Hbond substituents is 1. The van der Waals surface area contributed by atoms with Gasteiger partial charge < -0.3 is 14.4 Å². The van der Waals surface area contributed by atoms with Crippen LogP contribution >= 0.6 is 0 Å². The Labute approximate surface area is 105 Å². The Balaban J connectivity index is 2.26. The highest BCUT2D eigenvalue weighted by molar-refractivity contribution is 6.06. The lowest BCUT2D eigenvalue weighted by atomic mass is 10.2. The van der Waals surface area contributed by atoms with Crippen LogP contribution in [0.3, 0.4) is 0 Å². The maximum atomic E-state index is 12.3. The average molecular weight is 245 g/mol. The second kappa shape index (κ2) is 4.96. The SMILES string of the molecule is CCc1occc1C(=O)N(C)c1ccc(O)cc1. The Kier molecular flexibility index (Phi) is 3.37. The molecule has 0 fully saturated rings. The summed E-state index contributed by atoms with van der Waals surface area (Å²) in [5.74, 6) is 0.745. The minimum Gasteiger partial charge on any atom is -0.508 e. The third-order valence-electron chi connectivity index (χ3n) is 2.84. The summed E-state index contributed by atoms with van der Waals surface area (Å²) in [6, 6.07) is 8.17. The standard InChI is InChI=1S/C14H15NO3/c1-3-13-12(8-9-18-13)14(17)15(2)10-4-6-11(16)7-5-10/h4-9,16H,3H2,1-2H3. The number of rotatable bonds is 3. The third-order valence-corrected chi connectivity index (χ3v) is 2.84. The molecule has 1 aromatic heterocycles. The van der Waals surface area contributed by atoms with Crippen LogP contribution in [-0.4, -0.2) is 18.1 Å². The number of benzene rings is 1. The van der Waals surface area contributed by atoms with Gasteiger partial charge >= 0.3 is 0 Å². The number of amides is 1. The highest BCUT2D eigenvalue weighted by Crippen LogP contribution is 2.21. The number of carbonyl (C=O) groups excluding carboxylic acids is 1. The van der Waals surface area contributed by atoms with E-state index < -0.39 is 0 Å². The summed E-state index contributed by atoms with van der Waals surface area (Å²) >= 11 is 0. The van der Waals surface area contributed by atoms with E-state index in [1.165, 1.54) is 11.2 Å². The van der Waals surface area contributed by atoms with E-state index in [4.69, 9.17) is 4.42 Å². The van der Waals surface area contributed by atoms with Gasteiger partial charge in [0.05, 0.1) is 11.8 Å². The largest absolute Gasteiger partial charge is 0.508 e. The Morgan fingerprint density at radius 2 is 1.94 bits per heavy atom. The van der Waals surface area contributed by atoms with Gasteiger partial charge in [-0.05, 0) is 30.3 Å². The summed E-state index contributed by atoms with van der Waals surface area (Å²) in [7, 11) is 1.70. The van der Waals surface area contributed by atoms with Gasteiger partial charge in [0, 0.05) is 19.2 Å². The summed E-state index contributed by atoms with van der Waals surface area (Å²) < 4.78 is 5.25. The molecule has 0 spiro atoms. The third kappa shape index (κ3) is 2.22. The van der Waals surface area contributed by atoms with Crippen molar-refractivity contribution in [3.8, 4) is 5.75 Å².